The summed E-state index contributed by atoms with van der Waals surface area (Å²) in [5.41, 5.74) is 1.08. The summed E-state index contributed by atoms with van der Waals surface area (Å²) >= 11 is 3.22. The van der Waals surface area contributed by atoms with Gasteiger partial charge in [-0.2, -0.15) is 0 Å². The molecule has 6 nitrogen and oxygen atoms in total. The molecule has 0 spiro atoms. The van der Waals surface area contributed by atoms with Crippen LogP contribution in [0.2, 0.25) is 0 Å². The molecule has 1 amide bonds. The number of carbonyl (C=O) groups is 2. The van der Waals surface area contributed by atoms with Crippen molar-refractivity contribution in [1.82, 2.24) is 4.98 Å². The molecule has 0 radical (unpaired) electrons. The van der Waals surface area contributed by atoms with Gasteiger partial charge in [0.05, 0.1) is 16.9 Å². The maximum Gasteiger partial charge on any atom is 0.335 e. The number of oxazole rings is 1. The predicted molar refractivity (Wildman–Crippen MR) is 75.0 cm³/mol. The molecule has 1 aromatic carbocycles. The smallest absolute Gasteiger partial charge is 0.335 e. The number of aromatic carboxylic acids is 1. The lowest BCUT2D eigenvalue weighted by Crippen LogP contribution is -2.13. The van der Waals surface area contributed by atoms with Gasteiger partial charge in [0.25, 0.3) is 5.91 Å². The second kappa shape index (κ2) is 5.46. The molecule has 104 valence electrons. The predicted octanol–water partition coefficient (Wildman–Crippen LogP) is 3.00. The van der Waals surface area contributed by atoms with Crippen molar-refractivity contribution in [2.24, 2.45) is 0 Å². The summed E-state index contributed by atoms with van der Waals surface area (Å²) in [5.74, 6) is -0.929. The minimum atomic E-state index is -1.04. The van der Waals surface area contributed by atoms with E-state index in [2.05, 4.69) is 26.2 Å². The number of hydrogen-bond donors (Lipinski definition) is 2. The Bertz CT molecular complexity index is 694. The summed E-state index contributed by atoms with van der Waals surface area (Å²) in [7, 11) is 0. The number of rotatable bonds is 3. The Balaban J connectivity index is 2.24. The first-order chi connectivity index (χ1) is 9.38. The fourth-order valence-corrected chi connectivity index (χ4v) is 2.15. The molecule has 0 bridgehead atoms. The fourth-order valence-electron chi connectivity index (χ4n) is 1.67. The lowest BCUT2D eigenvalue weighted by molar-refractivity contribution is 0.0696. The topological polar surface area (TPSA) is 92.4 Å². The minimum absolute atomic E-state index is 0.126. The number of benzene rings is 1. The number of nitrogens with zero attached hydrogens (tertiary/aromatic N) is 1. The van der Waals surface area contributed by atoms with Crippen molar-refractivity contribution < 1.29 is 19.1 Å². The van der Waals surface area contributed by atoms with Crippen LogP contribution in [-0.2, 0) is 0 Å². The summed E-state index contributed by atoms with van der Waals surface area (Å²) in [4.78, 5) is 26.9. The number of aryl methyl sites for hydroxylation is 2. The summed E-state index contributed by atoms with van der Waals surface area (Å²) in [6, 6.07) is 4.32. The Labute approximate surface area is 122 Å². The highest BCUT2D eigenvalue weighted by Gasteiger charge is 2.17. The Morgan fingerprint density at radius 2 is 2.05 bits per heavy atom. The van der Waals surface area contributed by atoms with Crippen LogP contribution in [0.15, 0.2) is 27.1 Å². The van der Waals surface area contributed by atoms with E-state index in [0.29, 0.717) is 21.7 Å². The van der Waals surface area contributed by atoms with Crippen molar-refractivity contribution >= 4 is 33.5 Å². The van der Waals surface area contributed by atoms with Crippen LogP contribution in [0, 0.1) is 13.8 Å². The first-order valence-corrected chi connectivity index (χ1v) is 6.46. The molecule has 2 N–H and O–H groups in total. The van der Waals surface area contributed by atoms with Crippen molar-refractivity contribution in [1.29, 1.82) is 0 Å². The molecule has 0 aliphatic carbocycles. The zero-order valence-electron chi connectivity index (χ0n) is 10.7. The van der Waals surface area contributed by atoms with Gasteiger partial charge < -0.3 is 14.8 Å². The molecule has 20 heavy (non-hydrogen) atoms. The van der Waals surface area contributed by atoms with E-state index in [1.54, 1.807) is 13.8 Å². The van der Waals surface area contributed by atoms with Gasteiger partial charge in [0.2, 0.25) is 5.76 Å². The normalized spacial score (nSPS) is 10.3. The van der Waals surface area contributed by atoms with Gasteiger partial charge in [-0.05, 0) is 41.1 Å². The fraction of sp³-hybridized carbons (Fsp3) is 0.154. The van der Waals surface area contributed by atoms with Gasteiger partial charge in [-0.15, -0.1) is 0 Å². The quantitative estimate of drug-likeness (QED) is 0.897. The highest BCUT2D eigenvalue weighted by molar-refractivity contribution is 9.10. The third-order valence-corrected chi connectivity index (χ3v) is 3.23. The van der Waals surface area contributed by atoms with E-state index in [4.69, 9.17) is 9.52 Å². The molecule has 0 atom stereocenters. The van der Waals surface area contributed by atoms with Gasteiger partial charge in [-0.25, -0.2) is 9.78 Å². The van der Waals surface area contributed by atoms with Gasteiger partial charge in [0.15, 0.2) is 5.89 Å². The van der Waals surface area contributed by atoms with Gasteiger partial charge in [-0.3, -0.25) is 4.79 Å². The van der Waals surface area contributed by atoms with Crippen molar-refractivity contribution in [2.75, 3.05) is 5.32 Å². The largest absolute Gasteiger partial charge is 0.478 e. The van der Waals surface area contributed by atoms with E-state index in [-0.39, 0.29) is 11.3 Å². The van der Waals surface area contributed by atoms with E-state index in [9.17, 15) is 9.59 Å². The summed E-state index contributed by atoms with van der Waals surface area (Å²) in [6.45, 7) is 3.33. The molecule has 0 saturated heterocycles. The Morgan fingerprint density at radius 3 is 2.55 bits per heavy atom. The molecule has 0 aliphatic heterocycles. The third-order valence-electron chi connectivity index (χ3n) is 2.57. The van der Waals surface area contributed by atoms with Crippen LogP contribution in [0.5, 0.6) is 0 Å². The minimum Gasteiger partial charge on any atom is -0.478 e. The highest BCUT2D eigenvalue weighted by Crippen LogP contribution is 2.24. The number of nitrogens with one attached hydrogen (secondary N) is 1. The summed E-state index contributed by atoms with van der Waals surface area (Å²) in [5, 5.41) is 11.5. The van der Waals surface area contributed by atoms with Gasteiger partial charge in [0.1, 0.15) is 0 Å². The number of halogens is 1. The number of carboxylic acids is 1. The Kier molecular flexibility index (Phi) is 3.89. The van der Waals surface area contributed by atoms with Crippen LogP contribution in [0.1, 0.15) is 32.5 Å². The van der Waals surface area contributed by atoms with E-state index in [1.165, 1.54) is 18.2 Å². The second-order valence-corrected chi connectivity index (χ2v) is 4.96. The highest BCUT2D eigenvalue weighted by atomic mass is 79.9. The molecular weight excluding hydrogens is 328 g/mol. The molecule has 0 saturated carbocycles. The van der Waals surface area contributed by atoms with Crippen molar-refractivity contribution in [3.63, 3.8) is 0 Å². The van der Waals surface area contributed by atoms with E-state index < -0.39 is 11.9 Å². The Hall–Kier alpha value is -2.15. The molecule has 0 fully saturated rings. The lowest BCUT2D eigenvalue weighted by Gasteiger charge is -2.07. The second-order valence-electron chi connectivity index (χ2n) is 4.10. The average molecular weight is 339 g/mol. The van der Waals surface area contributed by atoms with Crippen molar-refractivity contribution in [2.45, 2.75) is 13.8 Å². The SMILES string of the molecule is Cc1nc(C)c(C(=O)Nc2ccc(C(=O)O)cc2Br)o1. The Morgan fingerprint density at radius 1 is 1.35 bits per heavy atom. The number of amides is 1. The molecular formula is C13H11BrN2O4. The molecule has 2 rings (SSSR count). The zero-order chi connectivity index (χ0) is 14.9. The molecule has 0 unspecified atom stereocenters. The van der Waals surface area contributed by atoms with Gasteiger partial charge in [-0.1, -0.05) is 0 Å². The molecule has 2 aromatic rings. The van der Waals surface area contributed by atoms with Crippen LogP contribution in [0.3, 0.4) is 0 Å². The van der Waals surface area contributed by atoms with Crippen LogP contribution in [0.25, 0.3) is 0 Å². The number of aromatic nitrogens is 1. The maximum absolute atomic E-state index is 12.0. The van der Waals surface area contributed by atoms with Crippen LogP contribution >= 0.6 is 15.9 Å². The number of hydrogen-bond acceptors (Lipinski definition) is 4. The first-order valence-electron chi connectivity index (χ1n) is 5.66. The zero-order valence-corrected chi connectivity index (χ0v) is 12.3. The molecule has 1 heterocycles. The number of carbonyl (C=O) groups excluding carboxylic acids is 1. The van der Waals surface area contributed by atoms with Gasteiger partial charge in [0, 0.05) is 11.4 Å². The van der Waals surface area contributed by atoms with E-state index >= 15 is 0 Å². The van der Waals surface area contributed by atoms with Crippen LogP contribution < -0.4 is 5.32 Å². The van der Waals surface area contributed by atoms with Crippen LogP contribution in [0.4, 0.5) is 5.69 Å². The van der Waals surface area contributed by atoms with Crippen molar-refractivity contribution in [3.8, 4) is 0 Å². The monoisotopic (exact) mass is 338 g/mol. The van der Waals surface area contributed by atoms with E-state index in [0.717, 1.165) is 0 Å². The lowest BCUT2D eigenvalue weighted by atomic mass is 10.2. The van der Waals surface area contributed by atoms with E-state index in [1.807, 2.05) is 0 Å². The summed E-state index contributed by atoms with van der Waals surface area (Å²) in [6.07, 6.45) is 0. The summed E-state index contributed by atoms with van der Waals surface area (Å²) < 4.78 is 5.69. The number of anilines is 1. The molecule has 1 aromatic heterocycles. The standard InChI is InChI=1S/C13H11BrN2O4/c1-6-11(20-7(2)15-6)12(17)16-10-4-3-8(13(18)19)5-9(10)14/h3-5H,1-2H3,(H,16,17)(H,18,19). The third kappa shape index (κ3) is 2.88. The molecule has 0 aliphatic rings. The molecule has 7 heteroatoms. The first kappa shape index (κ1) is 14.3. The number of carboxylic acid groups (broad SMARTS) is 1. The van der Waals surface area contributed by atoms with Crippen molar-refractivity contribution in [3.05, 3.63) is 45.6 Å². The maximum atomic E-state index is 12.0. The van der Waals surface area contributed by atoms with Crippen LogP contribution in [-0.4, -0.2) is 22.0 Å². The average Bonchev–Trinajstić information content (AvgIpc) is 2.70. The van der Waals surface area contributed by atoms with Gasteiger partial charge >= 0.3 is 5.97 Å².